The third-order valence-electron chi connectivity index (χ3n) is 5.37. The molecule has 7 heteroatoms. The first-order chi connectivity index (χ1) is 11.1. The van der Waals surface area contributed by atoms with Gasteiger partial charge in [-0.25, -0.2) is 4.98 Å². The number of carbonyl (C=O) groups excluding carboxylic acids is 1. The summed E-state index contributed by atoms with van der Waals surface area (Å²) in [6.07, 6.45) is 4.99. The lowest BCUT2D eigenvalue weighted by Crippen LogP contribution is -2.51. The second kappa shape index (κ2) is 6.03. The fraction of sp³-hybridized carbons (Fsp3) is 0.750. The molecule has 23 heavy (non-hydrogen) atoms. The molecule has 1 aliphatic carbocycles. The van der Waals surface area contributed by atoms with Gasteiger partial charge in [-0.1, -0.05) is 11.3 Å². The Labute approximate surface area is 140 Å². The van der Waals surface area contributed by atoms with Gasteiger partial charge in [0, 0.05) is 38.8 Å². The van der Waals surface area contributed by atoms with Crippen molar-refractivity contribution in [2.24, 2.45) is 5.41 Å². The third kappa shape index (κ3) is 3.09. The van der Waals surface area contributed by atoms with Gasteiger partial charge in [0.05, 0.1) is 12.8 Å². The van der Waals surface area contributed by atoms with Crippen LogP contribution in [0.5, 0.6) is 0 Å². The molecule has 0 unspecified atom stereocenters. The first-order valence-corrected chi connectivity index (χ1v) is 9.23. The van der Waals surface area contributed by atoms with E-state index in [0.717, 1.165) is 68.7 Å². The number of amides is 1. The zero-order valence-corrected chi connectivity index (χ0v) is 14.4. The molecule has 3 heterocycles. The maximum absolute atomic E-state index is 12.4. The van der Waals surface area contributed by atoms with Crippen molar-refractivity contribution >= 4 is 22.4 Å². The summed E-state index contributed by atoms with van der Waals surface area (Å²) in [5.74, 6) is 0.0293. The number of thiazole rings is 1. The Hall–Kier alpha value is -1.18. The van der Waals surface area contributed by atoms with Crippen LogP contribution in [-0.4, -0.2) is 68.3 Å². The monoisotopic (exact) mass is 336 g/mol. The number of aromatic nitrogens is 1. The molecule has 1 saturated carbocycles. The molecule has 2 aliphatic heterocycles. The van der Waals surface area contributed by atoms with Crippen LogP contribution in [0.3, 0.4) is 0 Å². The standard InChI is InChI=1S/C16H24N4O2S/c1-19-3-5-20(6-4-19)15-17-10-13(23-15)14(21)18-12-8-16(9-12)2-7-22-11-16/h10,12H,2-9,11H2,1H3,(H,18,21). The Balaban J connectivity index is 1.31. The Morgan fingerprint density at radius 1 is 1.39 bits per heavy atom. The van der Waals surface area contributed by atoms with Crippen LogP contribution in [0.1, 0.15) is 28.9 Å². The minimum absolute atomic E-state index is 0.0293. The van der Waals surface area contributed by atoms with Gasteiger partial charge >= 0.3 is 0 Å². The molecule has 6 nitrogen and oxygen atoms in total. The molecule has 1 N–H and O–H groups in total. The lowest BCUT2D eigenvalue weighted by molar-refractivity contribution is 0.0532. The number of hydrogen-bond acceptors (Lipinski definition) is 6. The van der Waals surface area contributed by atoms with Gasteiger partial charge < -0.3 is 19.9 Å². The van der Waals surface area contributed by atoms with E-state index in [4.69, 9.17) is 4.74 Å². The summed E-state index contributed by atoms with van der Waals surface area (Å²) in [6, 6.07) is 0.304. The molecular weight excluding hydrogens is 312 g/mol. The van der Waals surface area contributed by atoms with Gasteiger partial charge in [0.1, 0.15) is 4.88 Å². The van der Waals surface area contributed by atoms with E-state index in [2.05, 4.69) is 27.1 Å². The minimum atomic E-state index is 0.0293. The van der Waals surface area contributed by atoms with Crippen molar-refractivity contribution in [3.05, 3.63) is 11.1 Å². The summed E-state index contributed by atoms with van der Waals surface area (Å²) in [4.78, 5) is 22.2. The Morgan fingerprint density at radius 3 is 2.87 bits per heavy atom. The molecule has 126 valence electrons. The first-order valence-electron chi connectivity index (χ1n) is 8.42. The summed E-state index contributed by atoms with van der Waals surface area (Å²) < 4.78 is 5.49. The molecule has 3 fully saturated rings. The smallest absolute Gasteiger partial charge is 0.263 e. The fourth-order valence-electron chi connectivity index (χ4n) is 3.83. The Morgan fingerprint density at radius 2 is 2.17 bits per heavy atom. The van der Waals surface area contributed by atoms with E-state index in [1.54, 1.807) is 6.20 Å². The van der Waals surface area contributed by atoms with Crippen molar-refractivity contribution in [2.75, 3.05) is 51.3 Å². The highest BCUT2D eigenvalue weighted by atomic mass is 32.1. The van der Waals surface area contributed by atoms with E-state index >= 15 is 0 Å². The van der Waals surface area contributed by atoms with Crippen LogP contribution < -0.4 is 10.2 Å². The molecule has 1 aromatic heterocycles. The highest BCUT2D eigenvalue weighted by Gasteiger charge is 2.47. The van der Waals surface area contributed by atoms with E-state index in [-0.39, 0.29) is 5.91 Å². The second-order valence-electron chi connectivity index (χ2n) is 7.18. The molecule has 1 aromatic rings. The maximum Gasteiger partial charge on any atom is 0.263 e. The van der Waals surface area contributed by atoms with Gasteiger partial charge in [-0.05, 0) is 31.7 Å². The molecular formula is C16H24N4O2S. The molecule has 0 atom stereocenters. The molecule has 0 bridgehead atoms. The highest BCUT2D eigenvalue weighted by Crippen LogP contribution is 2.47. The van der Waals surface area contributed by atoms with Crippen LogP contribution in [0.15, 0.2) is 6.20 Å². The SMILES string of the molecule is CN1CCN(c2ncc(C(=O)NC3CC4(CCOC4)C3)s2)CC1. The summed E-state index contributed by atoms with van der Waals surface area (Å²) in [7, 11) is 2.14. The highest BCUT2D eigenvalue weighted by molar-refractivity contribution is 7.17. The zero-order chi connectivity index (χ0) is 15.9. The van der Waals surface area contributed by atoms with Gasteiger partial charge in [-0.15, -0.1) is 0 Å². The van der Waals surface area contributed by atoms with Crippen LogP contribution in [0.25, 0.3) is 0 Å². The average molecular weight is 336 g/mol. The number of anilines is 1. The van der Waals surface area contributed by atoms with Gasteiger partial charge in [0.15, 0.2) is 5.13 Å². The molecule has 3 aliphatic rings. The normalized spacial score (nSPS) is 31.3. The van der Waals surface area contributed by atoms with E-state index in [1.165, 1.54) is 11.3 Å². The molecule has 0 radical (unpaired) electrons. The van der Waals surface area contributed by atoms with Crippen LogP contribution in [-0.2, 0) is 4.74 Å². The number of hydrogen-bond donors (Lipinski definition) is 1. The molecule has 1 spiro atoms. The van der Waals surface area contributed by atoms with Crippen LogP contribution in [0.4, 0.5) is 5.13 Å². The van der Waals surface area contributed by atoms with E-state index in [9.17, 15) is 4.79 Å². The van der Waals surface area contributed by atoms with Crippen molar-refractivity contribution in [2.45, 2.75) is 25.3 Å². The van der Waals surface area contributed by atoms with E-state index < -0.39 is 0 Å². The third-order valence-corrected chi connectivity index (χ3v) is 6.43. The number of nitrogens with one attached hydrogen (secondary N) is 1. The summed E-state index contributed by atoms with van der Waals surface area (Å²) in [5.41, 5.74) is 0.358. The lowest BCUT2D eigenvalue weighted by atomic mass is 9.65. The predicted molar refractivity (Wildman–Crippen MR) is 90.2 cm³/mol. The Bertz CT molecular complexity index is 568. The van der Waals surface area contributed by atoms with Crippen molar-refractivity contribution in [1.82, 2.24) is 15.2 Å². The summed E-state index contributed by atoms with van der Waals surface area (Å²) in [5, 5.41) is 4.13. The molecule has 0 aromatic carbocycles. The van der Waals surface area contributed by atoms with E-state index in [0.29, 0.717) is 11.5 Å². The molecule has 1 amide bonds. The van der Waals surface area contributed by atoms with E-state index in [1.807, 2.05) is 0 Å². The lowest BCUT2D eigenvalue weighted by Gasteiger charge is -2.44. The molecule has 2 saturated heterocycles. The van der Waals surface area contributed by atoms with Gasteiger partial charge in [0.25, 0.3) is 5.91 Å². The van der Waals surface area contributed by atoms with Crippen LogP contribution in [0.2, 0.25) is 0 Å². The molecule has 4 rings (SSSR count). The second-order valence-corrected chi connectivity index (χ2v) is 8.19. The van der Waals surface area contributed by atoms with Crippen LogP contribution >= 0.6 is 11.3 Å². The fourth-order valence-corrected chi connectivity index (χ4v) is 4.70. The number of nitrogens with zero attached hydrogens (tertiary/aromatic N) is 3. The van der Waals surface area contributed by atoms with Crippen molar-refractivity contribution in [1.29, 1.82) is 0 Å². The number of ether oxygens (including phenoxy) is 1. The van der Waals surface area contributed by atoms with Crippen molar-refractivity contribution in [3.8, 4) is 0 Å². The summed E-state index contributed by atoms with van der Waals surface area (Å²) >= 11 is 1.51. The van der Waals surface area contributed by atoms with Gasteiger partial charge in [0.2, 0.25) is 0 Å². The Kier molecular flexibility index (Phi) is 4.03. The number of likely N-dealkylation sites (N-methyl/N-ethyl adjacent to an activating group) is 1. The predicted octanol–water partition coefficient (Wildman–Crippen LogP) is 1.19. The maximum atomic E-state index is 12.4. The van der Waals surface area contributed by atoms with Crippen molar-refractivity contribution < 1.29 is 9.53 Å². The minimum Gasteiger partial charge on any atom is -0.381 e. The number of piperazine rings is 1. The first kappa shape index (κ1) is 15.4. The number of carbonyl (C=O) groups is 1. The van der Waals surface area contributed by atoms with Gasteiger partial charge in [-0.3, -0.25) is 4.79 Å². The average Bonchev–Trinajstić information content (AvgIpc) is 3.16. The number of rotatable bonds is 3. The quantitative estimate of drug-likeness (QED) is 0.899. The van der Waals surface area contributed by atoms with Crippen molar-refractivity contribution in [3.63, 3.8) is 0 Å². The van der Waals surface area contributed by atoms with Gasteiger partial charge in [-0.2, -0.15) is 0 Å². The summed E-state index contributed by atoms with van der Waals surface area (Å²) in [6.45, 7) is 5.81. The van der Waals surface area contributed by atoms with Crippen LogP contribution in [0, 0.1) is 5.41 Å². The largest absolute Gasteiger partial charge is 0.381 e. The zero-order valence-electron chi connectivity index (χ0n) is 13.6. The topological polar surface area (TPSA) is 57.7 Å².